The average Bonchev–Trinajstić information content (AvgIpc) is 3.16. The van der Waals surface area contributed by atoms with Gasteiger partial charge >= 0.3 is 5.97 Å². The number of imidazole rings is 1. The van der Waals surface area contributed by atoms with Crippen molar-refractivity contribution >= 4 is 45.5 Å². The number of halogens is 1. The number of esters is 1. The van der Waals surface area contributed by atoms with Gasteiger partial charge in [-0.15, -0.1) is 0 Å². The Morgan fingerprint density at radius 3 is 2.80 bits per heavy atom. The molecule has 2 aromatic carbocycles. The van der Waals surface area contributed by atoms with Gasteiger partial charge < -0.3 is 14.6 Å². The Morgan fingerprint density at radius 2 is 1.96 bits per heavy atom. The van der Waals surface area contributed by atoms with Crippen LogP contribution in [0, 0.1) is 3.57 Å². The van der Waals surface area contributed by atoms with Crippen LogP contribution in [0.25, 0.3) is 11.0 Å². The molecule has 3 heterocycles. The normalized spacial score (nSPS) is 18.6. The molecule has 1 spiro atoms. The van der Waals surface area contributed by atoms with Crippen molar-refractivity contribution in [3.05, 3.63) is 57.2 Å². The van der Waals surface area contributed by atoms with E-state index in [0.29, 0.717) is 5.56 Å². The molecule has 1 fully saturated rings. The van der Waals surface area contributed by atoms with Gasteiger partial charge in [0, 0.05) is 35.1 Å². The van der Waals surface area contributed by atoms with Crippen molar-refractivity contribution < 1.29 is 9.53 Å². The van der Waals surface area contributed by atoms with E-state index in [2.05, 4.69) is 50.7 Å². The smallest absolute Gasteiger partial charge is 0.339 e. The predicted octanol–water partition coefficient (Wildman–Crippen LogP) is 3.83. The van der Waals surface area contributed by atoms with Crippen LogP contribution in [0.15, 0.2) is 42.5 Å². The number of carbonyl (C=O) groups excluding carboxylic acids is 1. The molecule has 2 aliphatic rings. The minimum atomic E-state index is -0.467. The number of hydrogen-bond acceptors (Lipinski definition) is 4. The van der Waals surface area contributed by atoms with Crippen LogP contribution in [0.1, 0.15) is 28.8 Å². The zero-order valence-corrected chi connectivity index (χ0v) is 15.6. The van der Waals surface area contributed by atoms with Crippen LogP contribution in [0.4, 0.5) is 5.95 Å². The van der Waals surface area contributed by atoms with Crippen molar-refractivity contribution in [1.82, 2.24) is 9.97 Å². The van der Waals surface area contributed by atoms with Gasteiger partial charge in [-0.1, -0.05) is 18.2 Å². The molecule has 0 unspecified atom stereocenters. The van der Waals surface area contributed by atoms with Crippen LogP contribution in [-0.4, -0.2) is 29.0 Å². The molecule has 25 heavy (non-hydrogen) atoms. The van der Waals surface area contributed by atoms with E-state index in [0.717, 1.165) is 48.5 Å². The third kappa shape index (κ3) is 2.34. The Labute approximate surface area is 158 Å². The van der Waals surface area contributed by atoms with Crippen molar-refractivity contribution in [3.63, 3.8) is 0 Å². The quantitative estimate of drug-likeness (QED) is 0.457. The molecule has 0 bridgehead atoms. The van der Waals surface area contributed by atoms with Crippen molar-refractivity contribution in [2.45, 2.75) is 18.4 Å². The van der Waals surface area contributed by atoms with E-state index >= 15 is 0 Å². The molecule has 1 saturated heterocycles. The maximum atomic E-state index is 12.2. The Morgan fingerprint density at radius 1 is 1.16 bits per heavy atom. The molecule has 0 amide bonds. The molecule has 5 rings (SSSR count). The lowest BCUT2D eigenvalue weighted by molar-refractivity contribution is -0.0211. The van der Waals surface area contributed by atoms with E-state index < -0.39 is 5.60 Å². The van der Waals surface area contributed by atoms with Gasteiger partial charge in [0.25, 0.3) is 0 Å². The number of nitrogens with one attached hydrogen (secondary N) is 1. The van der Waals surface area contributed by atoms with Crippen LogP contribution >= 0.6 is 22.6 Å². The number of aromatic amines is 1. The second-order valence-electron chi connectivity index (χ2n) is 6.64. The van der Waals surface area contributed by atoms with Crippen LogP contribution < -0.4 is 4.90 Å². The fourth-order valence-corrected chi connectivity index (χ4v) is 4.39. The van der Waals surface area contributed by atoms with Crippen molar-refractivity contribution in [2.75, 3.05) is 18.0 Å². The molecule has 0 radical (unpaired) electrons. The fourth-order valence-electron chi connectivity index (χ4n) is 3.91. The summed E-state index contributed by atoms with van der Waals surface area (Å²) in [6.45, 7) is 1.61. The first-order chi connectivity index (χ1) is 12.1. The van der Waals surface area contributed by atoms with E-state index in [9.17, 15) is 4.79 Å². The van der Waals surface area contributed by atoms with Gasteiger partial charge in [0.05, 0.1) is 16.6 Å². The summed E-state index contributed by atoms with van der Waals surface area (Å²) in [5.74, 6) is 0.701. The highest BCUT2D eigenvalue weighted by Crippen LogP contribution is 2.44. The van der Waals surface area contributed by atoms with Crippen molar-refractivity contribution in [3.8, 4) is 0 Å². The first kappa shape index (κ1) is 15.2. The number of H-pyrrole nitrogens is 1. The van der Waals surface area contributed by atoms with Gasteiger partial charge in [0.2, 0.25) is 5.95 Å². The second-order valence-corrected chi connectivity index (χ2v) is 7.88. The highest BCUT2D eigenvalue weighted by atomic mass is 127. The Bertz CT molecular complexity index is 989. The van der Waals surface area contributed by atoms with E-state index in [1.165, 1.54) is 3.57 Å². The van der Waals surface area contributed by atoms with Crippen LogP contribution in [0.3, 0.4) is 0 Å². The summed E-state index contributed by atoms with van der Waals surface area (Å²) in [6, 6.07) is 14.0. The fraction of sp³-hybridized carbons (Fsp3) is 0.263. The lowest BCUT2D eigenvalue weighted by atomic mass is 9.84. The molecule has 2 aliphatic heterocycles. The molecule has 0 saturated carbocycles. The number of ether oxygens (including phenoxy) is 1. The number of benzene rings is 2. The third-order valence-corrected chi connectivity index (χ3v) is 5.90. The van der Waals surface area contributed by atoms with Crippen LogP contribution in [0.5, 0.6) is 0 Å². The number of rotatable bonds is 1. The van der Waals surface area contributed by atoms with Gasteiger partial charge in [-0.05, 0) is 46.9 Å². The van der Waals surface area contributed by atoms with Gasteiger partial charge in [0.1, 0.15) is 5.60 Å². The molecule has 1 N–H and O–H groups in total. The Balaban J connectivity index is 1.42. The molecule has 3 aromatic rings. The minimum absolute atomic E-state index is 0.192. The number of aromatic nitrogens is 2. The molecular weight excluding hydrogens is 429 g/mol. The summed E-state index contributed by atoms with van der Waals surface area (Å²) in [6.07, 6.45) is 1.56. The second kappa shape index (κ2) is 5.45. The zero-order chi connectivity index (χ0) is 17.0. The summed E-state index contributed by atoms with van der Waals surface area (Å²) in [7, 11) is 0. The highest BCUT2D eigenvalue weighted by molar-refractivity contribution is 14.1. The number of anilines is 1. The molecule has 126 valence electrons. The highest BCUT2D eigenvalue weighted by Gasteiger charge is 2.47. The SMILES string of the molecule is O=C1OC2(CCN(c3nc4cc(I)ccc4[nH]3)CC2)c2ccccc21. The van der Waals surface area contributed by atoms with Crippen LogP contribution in [-0.2, 0) is 10.3 Å². The molecule has 0 aliphatic carbocycles. The number of hydrogen-bond donors (Lipinski definition) is 1. The summed E-state index contributed by atoms with van der Waals surface area (Å²) >= 11 is 2.30. The summed E-state index contributed by atoms with van der Waals surface area (Å²) in [5, 5.41) is 0. The Hall–Kier alpha value is -2.09. The van der Waals surface area contributed by atoms with E-state index in [4.69, 9.17) is 9.72 Å². The van der Waals surface area contributed by atoms with Crippen molar-refractivity contribution in [2.24, 2.45) is 0 Å². The largest absolute Gasteiger partial charge is 0.450 e. The summed E-state index contributed by atoms with van der Waals surface area (Å²) in [5.41, 5.74) is 3.33. The predicted molar refractivity (Wildman–Crippen MR) is 104 cm³/mol. The average molecular weight is 445 g/mol. The molecule has 0 atom stereocenters. The maximum absolute atomic E-state index is 12.2. The summed E-state index contributed by atoms with van der Waals surface area (Å²) in [4.78, 5) is 22.6. The maximum Gasteiger partial charge on any atom is 0.339 e. The van der Waals surface area contributed by atoms with E-state index in [1.54, 1.807) is 0 Å². The molecule has 1 aromatic heterocycles. The monoisotopic (exact) mass is 445 g/mol. The number of piperidine rings is 1. The lowest BCUT2D eigenvalue weighted by Gasteiger charge is -2.38. The Kier molecular flexibility index (Phi) is 3.31. The van der Waals surface area contributed by atoms with Crippen LogP contribution in [0.2, 0.25) is 0 Å². The standard InChI is InChI=1S/C19H16IN3O2/c20-12-5-6-15-16(11-12)22-18(21-15)23-9-7-19(8-10-23)14-4-2-1-3-13(14)17(24)25-19/h1-6,11H,7-10H2,(H,21,22). The first-order valence-electron chi connectivity index (χ1n) is 8.38. The molecule has 6 heteroatoms. The number of carbonyl (C=O) groups is 1. The minimum Gasteiger partial charge on any atom is -0.450 e. The molecular formula is C19H16IN3O2. The molecule has 5 nitrogen and oxygen atoms in total. The van der Waals surface area contributed by atoms with Gasteiger partial charge in [-0.25, -0.2) is 9.78 Å². The van der Waals surface area contributed by atoms with E-state index in [1.807, 2.05) is 24.3 Å². The number of fused-ring (bicyclic) bond motifs is 3. The zero-order valence-electron chi connectivity index (χ0n) is 13.5. The lowest BCUT2D eigenvalue weighted by Crippen LogP contribution is -2.43. The van der Waals surface area contributed by atoms with Gasteiger partial charge in [0.15, 0.2) is 0 Å². The van der Waals surface area contributed by atoms with Crippen molar-refractivity contribution in [1.29, 1.82) is 0 Å². The topological polar surface area (TPSA) is 58.2 Å². The summed E-state index contributed by atoms with van der Waals surface area (Å²) < 4.78 is 7.00. The number of nitrogens with zero attached hydrogens (tertiary/aromatic N) is 2. The third-order valence-electron chi connectivity index (χ3n) is 5.23. The van der Waals surface area contributed by atoms with Gasteiger partial charge in [-0.2, -0.15) is 0 Å². The first-order valence-corrected chi connectivity index (χ1v) is 9.46. The van der Waals surface area contributed by atoms with E-state index in [-0.39, 0.29) is 5.97 Å². The van der Waals surface area contributed by atoms with Gasteiger partial charge in [-0.3, -0.25) is 0 Å².